The van der Waals surface area contributed by atoms with Crippen LogP contribution in [0, 0.1) is 5.92 Å². The second-order valence-corrected chi connectivity index (χ2v) is 9.10. The first-order valence-corrected chi connectivity index (χ1v) is 12.8. The minimum absolute atomic E-state index is 0.243. The maximum absolute atomic E-state index is 12.0. The Kier molecular flexibility index (Phi) is 16.8. The molecule has 0 radical (unpaired) electrons. The van der Waals surface area contributed by atoms with Crippen molar-refractivity contribution in [2.75, 3.05) is 26.4 Å². The van der Waals surface area contributed by atoms with Crippen LogP contribution in [0.3, 0.4) is 0 Å². The lowest BCUT2D eigenvalue weighted by molar-refractivity contribution is -0.282. The summed E-state index contributed by atoms with van der Waals surface area (Å²) < 4.78 is 16.6. The van der Waals surface area contributed by atoms with Crippen molar-refractivity contribution in [3.8, 4) is 0 Å². The molecule has 0 saturated carbocycles. The fourth-order valence-corrected chi connectivity index (χ4v) is 3.89. The molecule has 1 heterocycles. The molecule has 8 nitrogen and oxygen atoms in total. The first-order valence-electron chi connectivity index (χ1n) is 12.8. The molecule has 0 aliphatic carbocycles. The summed E-state index contributed by atoms with van der Waals surface area (Å²) in [4.78, 5) is 23.7. The van der Waals surface area contributed by atoms with Crippen LogP contribution in [0.4, 0.5) is 0 Å². The largest absolute Gasteiger partial charge is 0.394 e. The molecule has 1 fully saturated rings. The van der Waals surface area contributed by atoms with Crippen molar-refractivity contribution in [2.24, 2.45) is 5.92 Å². The number of aliphatic hydroxyl groups excluding tert-OH is 3. The van der Waals surface area contributed by atoms with Gasteiger partial charge in [0.15, 0.2) is 6.29 Å². The quantitative estimate of drug-likeness (QED) is 0.230. The van der Waals surface area contributed by atoms with Crippen molar-refractivity contribution in [3.63, 3.8) is 0 Å². The van der Waals surface area contributed by atoms with Gasteiger partial charge in [-0.3, -0.25) is 9.59 Å². The molecule has 8 heteroatoms. The van der Waals surface area contributed by atoms with Gasteiger partial charge >= 0.3 is 0 Å². The second kappa shape index (κ2) is 18.4. The van der Waals surface area contributed by atoms with Crippen molar-refractivity contribution >= 4 is 11.6 Å². The molecule has 0 bridgehead atoms. The summed E-state index contributed by atoms with van der Waals surface area (Å²) in [5.41, 5.74) is 0. The van der Waals surface area contributed by atoms with Gasteiger partial charge in [0.25, 0.3) is 0 Å². The lowest BCUT2D eigenvalue weighted by Crippen LogP contribution is -2.55. The van der Waals surface area contributed by atoms with E-state index >= 15 is 0 Å². The Morgan fingerprint density at radius 1 is 0.788 bits per heavy atom. The SMILES string of the molecule is CCCOCCC(=O)CCCCCC(=O)CCCCCCOC1OC(CO)C(O)C(O)C1C. The predicted octanol–water partition coefficient (Wildman–Crippen LogP) is 2.93. The normalized spacial score (nSPS) is 25.3. The zero-order valence-electron chi connectivity index (χ0n) is 20.6. The highest BCUT2D eigenvalue weighted by Gasteiger charge is 2.42. The molecule has 1 aliphatic rings. The van der Waals surface area contributed by atoms with Crippen LogP contribution >= 0.6 is 0 Å². The molecule has 1 rings (SSSR count). The van der Waals surface area contributed by atoms with Gasteiger partial charge in [0.2, 0.25) is 0 Å². The summed E-state index contributed by atoms with van der Waals surface area (Å²) in [6, 6.07) is 0. The summed E-state index contributed by atoms with van der Waals surface area (Å²) in [5, 5.41) is 29.1. The summed E-state index contributed by atoms with van der Waals surface area (Å²) in [5.74, 6) is 0.156. The smallest absolute Gasteiger partial charge is 0.163 e. The number of rotatable bonds is 20. The maximum atomic E-state index is 12.0. The average molecular weight is 475 g/mol. The molecule has 0 aromatic carbocycles. The molecule has 0 amide bonds. The number of hydrogen-bond acceptors (Lipinski definition) is 8. The number of hydrogen-bond donors (Lipinski definition) is 3. The van der Waals surface area contributed by atoms with Gasteiger partial charge in [-0.15, -0.1) is 0 Å². The Morgan fingerprint density at radius 3 is 1.97 bits per heavy atom. The summed E-state index contributed by atoms with van der Waals surface area (Å²) in [6.45, 7) is 5.11. The molecule has 194 valence electrons. The second-order valence-electron chi connectivity index (χ2n) is 9.10. The first kappa shape index (κ1) is 30.1. The number of carbonyl (C=O) groups is 2. The summed E-state index contributed by atoms with van der Waals surface area (Å²) in [7, 11) is 0. The lowest BCUT2D eigenvalue weighted by atomic mass is 9.92. The number of Topliss-reactive ketones (excluding diaryl/α,β-unsaturated/α-hetero) is 2. The zero-order chi connectivity index (χ0) is 24.5. The van der Waals surface area contributed by atoms with E-state index in [2.05, 4.69) is 0 Å². The van der Waals surface area contributed by atoms with Crippen molar-refractivity contribution in [2.45, 2.75) is 115 Å². The monoisotopic (exact) mass is 474 g/mol. The minimum atomic E-state index is -1.11. The lowest BCUT2D eigenvalue weighted by Gasteiger charge is -2.40. The molecule has 1 aliphatic heterocycles. The van der Waals surface area contributed by atoms with Crippen molar-refractivity contribution in [1.29, 1.82) is 0 Å². The maximum Gasteiger partial charge on any atom is 0.163 e. The molecule has 33 heavy (non-hydrogen) atoms. The van der Waals surface area contributed by atoms with E-state index in [0.29, 0.717) is 45.5 Å². The van der Waals surface area contributed by atoms with E-state index in [1.54, 1.807) is 6.92 Å². The van der Waals surface area contributed by atoms with Crippen molar-refractivity contribution < 1.29 is 39.1 Å². The van der Waals surface area contributed by atoms with E-state index in [9.17, 15) is 24.9 Å². The highest BCUT2D eigenvalue weighted by molar-refractivity contribution is 5.78. The third kappa shape index (κ3) is 12.9. The van der Waals surface area contributed by atoms with E-state index in [4.69, 9.17) is 14.2 Å². The van der Waals surface area contributed by atoms with Gasteiger partial charge in [0.1, 0.15) is 23.8 Å². The number of carbonyl (C=O) groups excluding carboxylic acids is 2. The molecular weight excluding hydrogens is 428 g/mol. The zero-order valence-corrected chi connectivity index (χ0v) is 20.6. The Hall–Kier alpha value is -0.900. The standard InChI is InChI=1S/C25H46O8/c1-3-15-31-17-14-21(28)13-9-6-8-12-20(27)11-7-4-5-10-16-32-25-19(2)23(29)24(30)22(18-26)33-25/h19,22-26,29-30H,3-18H2,1-2H3. The predicted molar refractivity (Wildman–Crippen MR) is 125 cm³/mol. The highest BCUT2D eigenvalue weighted by Crippen LogP contribution is 2.26. The average Bonchev–Trinajstić information content (AvgIpc) is 2.80. The van der Waals surface area contributed by atoms with Crippen LogP contribution in [0.25, 0.3) is 0 Å². The number of ether oxygens (including phenoxy) is 3. The van der Waals surface area contributed by atoms with E-state index < -0.39 is 24.6 Å². The van der Waals surface area contributed by atoms with Crippen LogP contribution in [0.2, 0.25) is 0 Å². The Labute approximate surface area is 199 Å². The molecular formula is C25H46O8. The van der Waals surface area contributed by atoms with E-state index in [1.165, 1.54) is 0 Å². The van der Waals surface area contributed by atoms with Crippen LogP contribution in [0.1, 0.15) is 90.9 Å². The van der Waals surface area contributed by atoms with Crippen LogP contribution in [-0.2, 0) is 23.8 Å². The van der Waals surface area contributed by atoms with Crippen LogP contribution in [0.15, 0.2) is 0 Å². The molecule has 0 aromatic heterocycles. The van der Waals surface area contributed by atoms with Gasteiger partial charge in [-0.05, 0) is 32.1 Å². The fraction of sp³-hybridized carbons (Fsp3) is 0.920. The Bertz CT molecular complexity index is 525. The van der Waals surface area contributed by atoms with Crippen LogP contribution < -0.4 is 0 Å². The Balaban J connectivity index is 1.96. The van der Waals surface area contributed by atoms with Crippen molar-refractivity contribution in [1.82, 2.24) is 0 Å². The number of ketones is 2. The van der Waals surface area contributed by atoms with Gasteiger partial charge in [-0.1, -0.05) is 33.1 Å². The van der Waals surface area contributed by atoms with Crippen LogP contribution in [0.5, 0.6) is 0 Å². The number of aliphatic hydroxyl groups is 3. The van der Waals surface area contributed by atoms with E-state index in [1.807, 2.05) is 6.92 Å². The van der Waals surface area contributed by atoms with Gasteiger partial charge in [-0.25, -0.2) is 0 Å². The third-order valence-electron chi connectivity index (χ3n) is 6.10. The third-order valence-corrected chi connectivity index (χ3v) is 6.10. The molecule has 3 N–H and O–H groups in total. The first-order chi connectivity index (χ1) is 15.9. The van der Waals surface area contributed by atoms with E-state index in [0.717, 1.165) is 51.4 Å². The molecule has 0 aromatic rings. The summed E-state index contributed by atoms with van der Waals surface area (Å²) in [6.07, 6.45) is 5.82. The van der Waals surface area contributed by atoms with E-state index in [-0.39, 0.29) is 24.1 Å². The molecule has 0 spiro atoms. The van der Waals surface area contributed by atoms with Gasteiger partial charge < -0.3 is 29.5 Å². The van der Waals surface area contributed by atoms with Gasteiger partial charge in [0, 0.05) is 44.8 Å². The topological polar surface area (TPSA) is 123 Å². The molecule has 1 saturated heterocycles. The van der Waals surface area contributed by atoms with Crippen LogP contribution in [-0.4, -0.2) is 77.9 Å². The summed E-state index contributed by atoms with van der Waals surface area (Å²) >= 11 is 0. The van der Waals surface area contributed by atoms with Gasteiger partial charge in [-0.2, -0.15) is 0 Å². The molecule has 5 unspecified atom stereocenters. The number of unbranched alkanes of at least 4 members (excludes halogenated alkanes) is 5. The minimum Gasteiger partial charge on any atom is -0.394 e. The Morgan fingerprint density at radius 2 is 1.36 bits per heavy atom. The van der Waals surface area contributed by atoms with Crippen molar-refractivity contribution in [3.05, 3.63) is 0 Å². The molecule has 5 atom stereocenters. The fourth-order valence-electron chi connectivity index (χ4n) is 3.89. The van der Waals surface area contributed by atoms with Gasteiger partial charge in [0.05, 0.1) is 19.3 Å². The highest BCUT2D eigenvalue weighted by atomic mass is 16.7.